The number of aromatic amines is 1. The highest BCUT2D eigenvalue weighted by molar-refractivity contribution is 7.80. The van der Waals surface area contributed by atoms with Crippen molar-refractivity contribution in [2.75, 3.05) is 6.54 Å². The fourth-order valence-electron chi connectivity index (χ4n) is 1.54. The summed E-state index contributed by atoms with van der Waals surface area (Å²) >= 11 is 11.0. The van der Waals surface area contributed by atoms with Gasteiger partial charge in [0.1, 0.15) is 5.71 Å². The van der Waals surface area contributed by atoms with Crippen molar-refractivity contribution in [3.05, 3.63) is 29.0 Å². The minimum atomic E-state index is 0.487. The van der Waals surface area contributed by atoms with Crippen molar-refractivity contribution < 1.29 is 0 Å². The molecule has 2 aromatic rings. The molecule has 0 bridgehead atoms. The van der Waals surface area contributed by atoms with E-state index in [1.807, 2.05) is 26.0 Å². The van der Waals surface area contributed by atoms with Gasteiger partial charge in [-0.05, 0) is 44.3 Å². The molecule has 2 rings (SSSR count). The molecule has 3 N–H and O–H groups in total. The highest BCUT2D eigenvalue weighted by Crippen LogP contribution is 2.17. The molecule has 0 atom stereocenters. The van der Waals surface area contributed by atoms with Gasteiger partial charge in [-0.2, -0.15) is 5.10 Å². The van der Waals surface area contributed by atoms with Crippen molar-refractivity contribution in [1.82, 2.24) is 20.7 Å². The molecule has 0 aliphatic rings. The zero-order valence-corrected chi connectivity index (χ0v) is 12.2. The molecular formula is C12H14ClN5S. The lowest BCUT2D eigenvalue weighted by molar-refractivity contribution is 0.899. The number of aromatic nitrogens is 2. The van der Waals surface area contributed by atoms with Crippen LogP contribution in [0.5, 0.6) is 0 Å². The minimum absolute atomic E-state index is 0.487. The molecule has 5 nitrogen and oxygen atoms in total. The Bertz CT molecular complexity index is 634. The van der Waals surface area contributed by atoms with E-state index in [4.69, 9.17) is 23.8 Å². The Labute approximate surface area is 121 Å². The number of hydrazone groups is 1. The molecule has 0 saturated heterocycles. The molecule has 1 aromatic heterocycles. The van der Waals surface area contributed by atoms with E-state index in [1.165, 1.54) is 0 Å². The average molecular weight is 296 g/mol. The number of rotatable bonds is 3. The molecule has 0 aliphatic heterocycles. The first-order chi connectivity index (χ1) is 9.10. The molecule has 0 saturated carbocycles. The van der Waals surface area contributed by atoms with Gasteiger partial charge < -0.3 is 10.3 Å². The van der Waals surface area contributed by atoms with Crippen LogP contribution in [0, 0.1) is 0 Å². The fourth-order valence-corrected chi connectivity index (χ4v) is 1.90. The van der Waals surface area contributed by atoms with Crippen LogP contribution in [-0.4, -0.2) is 27.3 Å². The number of hydrogen-bond acceptors (Lipinski definition) is 3. The molecule has 7 heteroatoms. The topological polar surface area (TPSA) is 65.1 Å². The van der Waals surface area contributed by atoms with Gasteiger partial charge in [0.15, 0.2) is 10.9 Å². The van der Waals surface area contributed by atoms with Gasteiger partial charge in [-0.3, -0.25) is 5.43 Å². The summed E-state index contributed by atoms with van der Waals surface area (Å²) in [6, 6.07) is 5.50. The lowest BCUT2D eigenvalue weighted by Crippen LogP contribution is -2.32. The van der Waals surface area contributed by atoms with Crippen LogP contribution in [0.15, 0.2) is 23.3 Å². The second-order valence-electron chi connectivity index (χ2n) is 3.92. The largest absolute Gasteiger partial charge is 0.362 e. The third-order valence-electron chi connectivity index (χ3n) is 2.45. The summed E-state index contributed by atoms with van der Waals surface area (Å²) in [5.74, 6) is 0.684. The van der Waals surface area contributed by atoms with Crippen molar-refractivity contribution in [1.29, 1.82) is 0 Å². The number of nitrogens with zero attached hydrogens (tertiary/aromatic N) is 2. The van der Waals surface area contributed by atoms with Crippen LogP contribution in [0.4, 0.5) is 0 Å². The predicted molar refractivity (Wildman–Crippen MR) is 82.7 cm³/mol. The Morgan fingerprint density at radius 3 is 3.05 bits per heavy atom. The van der Waals surface area contributed by atoms with Crippen LogP contribution in [0.3, 0.4) is 0 Å². The van der Waals surface area contributed by atoms with Crippen LogP contribution in [0.25, 0.3) is 11.0 Å². The second-order valence-corrected chi connectivity index (χ2v) is 4.76. The first-order valence-electron chi connectivity index (χ1n) is 5.84. The van der Waals surface area contributed by atoms with Crippen LogP contribution in [0.1, 0.15) is 19.7 Å². The molecule has 0 amide bonds. The number of fused-ring (bicyclic) bond motifs is 1. The smallest absolute Gasteiger partial charge is 0.186 e. The SMILES string of the molecule is CCNC(=S)N/N=C(\C)c1nc2ccc(Cl)cc2[nH]1. The fraction of sp³-hybridized carbons (Fsp3) is 0.250. The summed E-state index contributed by atoms with van der Waals surface area (Å²) in [7, 11) is 0. The molecule has 0 unspecified atom stereocenters. The van der Waals surface area contributed by atoms with Crippen molar-refractivity contribution in [2.24, 2.45) is 5.10 Å². The van der Waals surface area contributed by atoms with E-state index in [1.54, 1.807) is 6.07 Å². The summed E-state index contributed by atoms with van der Waals surface area (Å²) in [5.41, 5.74) is 5.21. The first-order valence-corrected chi connectivity index (χ1v) is 6.62. The van der Waals surface area contributed by atoms with E-state index in [2.05, 4.69) is 25.8 Å². The second kappa shape index (κ2) is 5.99. The highest BCUT2D eigenvalue weighted by atomic mass is 35.5. The molecule has 1 heterocycles. The van der Waals surface area contributed by atoms with E-state index >= 15 is 0 Å². The third-order valence-corrected chi connectivity index (χ3v) is 2.92. The van der Waals surface area contributed by atoms with Crippen LogP contribution < -0.4 is 10.7 Å². The molecule has 0 fully saturated rings. The lowest BCUT2D eigenvalue weighted by atomic mass is 10.3. The summed E-state index contributed by atoms with van der Waals surface area (Å²) in [5, 5.41) is 8.28. The molecular weight excluding hydrogens is 282 g/mol. The maximum atomic E-state index is 5.93. The predicted octanol–water partition coefficient (Wildman–Crippen LogP) is 2.42. The average Bonchev–Trinajstić information content (AvgIpc) is 2.79. The Morgan fingerprint density at radius 2 is 2.32 bits per heavy atom. The molecule has 0 spiro atoms. The molecule has 0 aliphatic carbocycles. The van der Waals surface area contributed by atoms with Gasteiger partial charge in [-0.1, -0.05) is 11.6 Å². The van der Waals surface area contributed by atoms with Crippen LogP contribution >= 0.6 is 23.8 Å². The van der Waals surface area contributed by atoms with Gasteiger partial charge in [-0.25, -0.2) is 4.98 Å². The highest BCUT2D eigenvalue weighted by Gasteiger charge is 2.06. The Balaban J connectivity index is 2.19. The Kier molecular flexibility index (Phi) is 4.34. The first kappa shape index (κ1) is 13.8. The van der Waals surface area contributed by atoms with Crippen molar-refractivity contribution >= 4 is 45.7 Å². The minimum Gasteiger partial charge on any atom is -0.362 e. The number of benzene rings is 1. The van der Waals surface area contributed by atoms with E-state index in [-0.39, 0.29) is 0 Å². The summed E-state index contributed by atoms with van der Waals surface area (Å²) in [6.07, 6.45) is 0. The van der Waals surface area contributed by atoms with E-state index in [9.17, 15) is 0 Å². The molecule has 19 heavy (non-hydrogen) atoms. The summed E-state index contributed by atoms with van der Waals surface area (Å²) < 4.78 is 0. The van der Waals surface area contributed by atoms with Crippen LogP contribution in [-0.2, 0) is 0 Å². The summed E-state index contributed by atoms with van der Waals surface area (Å²) in [6.45, 7) is 4.57. The number of halogens is 1. The number of H-pyrrole nitrogens is 1. The normalized spacial score (nSPS) is 11.6. The number of nitrogens with one attached hydrogen (secondary N) is 3. The van der Waals surface area contributed by atoms with Crippen molar-refractivity contribution in [3.8, 4) is 0 Å². The zero-order chi connectivity index (χ0) is 13.8. The Hall–Kier alpha value is -1.66. The van der Waals surface area contributed by atoms with Crippen molar-refractivity contribution in [3.63, 3.8) is 0 Å². The van der Waals surface area contributed by atoms with Gasteiger partial charge in [0.25, 0.3) is 0 Å². The molecule has 1 aromatic carbocycles. The number of thiocarbonyl (C=S) groups is 1. The number of hydrogen-bond donors (Lipinski definition) is 3. The van der Waals surface area contributed by atoms with Gasteiger partial charge >= 0.3 is 0 Å². The lowest BCUT2D eigenvalue weighted by Gasteiger charge is -2.03. The van der Waals surface area contributed by atoms with E-state index in [0.29, 0.717) is 21.7 Å². The maximum Gasteiger partial charge on any atom is 0.186 e. The third kappa shape index (κ3) is 3.42. The van der Waals surface area contributed by atoms with Gasteiger partial charge in [0.2, 0.25) is 0 Å². The van der Waals surface area contributed by atoms with Gasteiger partial charge in [0, 0.05) is 11.6 Å². The standard InChI is InChI=1S/C12H14ClN5S/c1-3-14-12(19)18-17-7(2)11-15-9-5-4-8(13)6-10(9)16-11/h4-6H,3H2,1-2H3,(H,15,16)(H2,14,18,19)/b17-7+. The van der Waals surface area contributed by atoms with Gasteiger partial charge in [-0.15, -0.1) is 0 Å². The number of imidazole rings is 1. The van der Waals surface area contributed by atoms with E-state index in [0.717, 1.165) is 17.6 Å². The molecule has 100 valence electrons. The zero-order valence-electron chi connectivity index (χ0n) is 10.6. The maximum absolute atomic E-state index is 5.93. The van der Waals surface area contributed by atoms with E-state index < -0.39 is 0 Å². The molecule has 0 radical (unpaired) electrons. The van der Waals surface area contributed by atoms with Gasteiger partial charge in [0.05, 0.1) is 11.0 Å². The monoisotopic (exact) mass is 295 g/mol. The summed E-state index contributed by atoms with van der Waals surface area (Å²) in [4.78, 5) is 7.59. The Morgan fingerprint density at radius 1 is 1.53 bits per heavy atom. The van der Waals surface area contributed by atoms with Crippen LogP contribution in [0.2, 0.25) is 5.02 Å². The quantitative estimate of drug-likeness (QED) is 0.462. The van der Waals surface area contributed by atoms with Crippen molar-refractivity contribution in [2.45, 2.75) is 13.8 Å².